The third-order valence-corrected chi connectivity index (χ3v) is 5.11. The van der Waals surface area contributed by atoms with Crippen LogP contribution in [0.15, 0.2) is 53.7 Å². The van der Waals surface area contributed by atoms with Crippen LogP contribution in [-0.4, -0.2) is 25.1 Å². The van der Waals surface area contributed by atoms with E-state index in [2.05, 4.69) is 41.7 Å². The van der Waals surface area contributed by atoms with E-state index in [1.54, 1.807) is 14.2 Å². The second kappa shape index (κ2) is 7.57. The van der Waals surface area contributed by atoms with Gasteiger partial charge in [0.15, 0.2) is 0 Å². The van der Waals surface area contributed by atoms with E-state index in [0.717, 1.165) is 23.6 Å². The monoisotopic (exact) mass is 341 g/mol. The van der Waals surface area contributed by atoms with E-state index >= 15 is 0 Å². The fourth-order valence-corrected chi connectivity index (χ4v) is 3.54. The highest BCUT2D eigenvalue weighted by atomic mass is 16.5. The highest BCUT2D eigenvalue weighted by molar-refractivity contribution is 5.87. The molecule has 132 valence electrons. The van der Waals surface area contributed by atoms with Gasteiger partial charge in [-0.3, -0.25) is 0 Å². The highest BCUT2D eigenvalue weighted by Gasteiger charge is 2.37. The van der Waals surface area contributed by atoms with Crippen LogP contribution in [0.5, 0.6) is 11.5 Å². The molecule has 5 nitrogen and oxygen atoms in total. The van der Waals surface area contributed by atoms with Crippen molar-refractivity contribution in [2.45, 2.75) is 25.4 Å². The summed E-state index contributed by atoms with van der Waals surface area (Å²) in [6.45, 7) is 2.12. The van der Waals surface area contributed by atoms with Gasteiger partial charge in [-0.25, -0.2) is 0 Å². The smallest absolute Gasteiger partial charge is 0.120 e. The third kappa shape index (κ3) is 3.61. The van der Waals surface area contributed by atoms with Crippen LogP contribution in [0.2, 0.25) is 0 Å². The van der Waals surface area contributed by atoms with Crippen molar-refractivity contribution in [1.82, 2.24) is 0 Å². The number of rotatable bonds is 4. The van der Waals surface area contributed by atoms with Crippen LogP contribution >= 0.6 is 0 Å². The van der Waals surface area contributed by atoms with Gasteiger partial charge in [0, 0.05) is 17.5 Å². The summed E-state index contributed by atoms with van der Waals surface area (Å²) in [5.41, 5.74) is 3.24. The molecule has 1 heterocycles. The predicted molar refractivity (Wildman–Crippen MR) is 96.4 cm³/mol. The van der Waals surface area contributed by atoms with Gasteiger partial charge in [-0.1, -0.05) is 12.1 Å². The van der Waals surface area contributed by atoms with Crippen molar-refractivity contribution < 1.29 is 20.0 Å². The zero-order chi connectivity index (χ0) is 17.8. The minimum atomic E-state index is 0.160. The maximum absolute atomic E-state index is 9.49. The number of piperidine rings is 1. The van der Waals surface area contributed by atoms with Gasteiger partial charge in [-0.05, 0) is 48.5 Å². The molecule has 0 amide bonds. The molecule has 0 saturated carbocycles. The third-order valence-electron chi connectivity index (χ3n) is 5.11. The lowest BCUT2D eigenvalue weighted by Crippen LogP contribution is -2.90. The fourth-order valence-electron chi connectivity index (χ4n) is 3.54. The lowest BCUT2D eigenvalue weighted by Gasteiger charge is -2.33. The van der Waals surface area contributed by atoms with Gasteiger partial charge < -0.3 is 20.0 Å². The van der Waals surface area contributed by atoms with Gasteiger partial charge >= 0.3 is 0 Å². The summed E-state index contributed by atoms with van der Waals surface area (Å²) in [5.74, 6) is 1.85. The van der Waals surface area contributed by atoms with Crippen LogP contribution in [0, 0.1) is 5.92 Å². The number of ether oxygens (including phenoxy) is 2. The van der Waals surface area contributed by atoms with Crippen molar-refractivity contribution >= 4 is 5.71 Å². The van der Waals surface area contributed by atoms with Crippen LogP contribution in [0.25, 0.3) is 0 Å². The van der Waals surface area contributed by atoms with E-state index in [9.17, 15) is 5.21 Å². The number of methoxy groups -OCH3 is 2. The van der Waals surface area contributed by atoms with Crippen molar-refractivity contribution in [2.75, 3.05) is 14.2 Å². The molecule has 2 aromatic carbocycles. The highest BCUT2D eigenvalue weighted by Crippen LogP contribution is 2.30. The molecule has 1 saturated heterocycles. The Kier molecular flexibility index (Phi) is 5.24. The summed E-state index contributed by atoms with van der Waals surface area (Å²) in [4.78, 5) is 0. The molecule has 5 heteroatoms. The van der Waals surface area contributed by atoms with Crippen LogP contribution in [-0.2, 0) is 0 Å². The van der Waals surface area contributed by atoms with Gasteiger partial charge in [0.1, 0.15) is 23.6 Å². The maximum atomic E-state index is 9.49. The molecule has 0 spiro atoms. The molecule has 3 atom stereocenters. The van der Waals surface area contributed by atoms with E-state index < -0.39 is 0 Å². The second-order valence-electron chi connectivity index (χ2n) is 6.46. The lowest BCUT2D eigenvalue weighted by molar-refractivity contribution is -0.741. The summed E-state index contributed by atoms with van der Waals surface area (Å²) in [7, 11) is 3.33. The summed E-state index contributed by atoms with van der Waals surface area (Å²) >= 11 is 0. The maximum Gasteiger partial charge on any atom is 0.120 e. The zero-order valence-corrected chi connectivity index (χ0v) is 14.8. The number of hydrogen-bond acceptors (Lipinski definition) is 4. The Labute approximate surface area is 148 Å². The van der Waals surface area contributed by atoms with E-state index in [0.29, 0.717) is 0 Å². The second-order valence-corrected chi connectivity index (χ2v) is 6.46. The number of nitrogens with two attached hydrogens (primary N) is 1. The Morgan fingerprint density at radius 2 is 1.44 bits per heavy atom. The zero-order valence-electron chi connectivity index (χ0n) is 14.8. The first kappa shape index (κ1) is 17.3. The molecule has 0 bridgehead atoms. The first-order valence-electron chi connectivity index (χ1n) is 8.50. The average Bonchev–Trinajstić information content (AvgIpc) is 2.68. The Morgan fingerprint density at radius 1 is 0.920 bits per heavy atom. The average molecular weight is 341 g/mol. The molecule has 0 unspecified atom stereocenters. The minimum Gasteiger partial charge on any atom is -0.497 e. The van der Waals surface area contributed by atoms with E-state index in [1.165, 1.54) is 11.1 Å². The molecule has 2 aromatic rings. The summed E-state index contributed by atoms with van der Waals surface area (Å²) in [5, 5.41) is 15.4. The predicted octanol–water partition coefficient (Wildman–Crippen LogP) is 2.92. The van der Waals surface area contributed by atoms with Crippen LogP contribution < -0.4 is 14.8 Å². The first-order chi connectivity index (χ1) is 12.2. The topological polar surface area (TPSA) is 67.7 Å². The SMILES string of the molecule is COc1ccc([C@@H]2C/C(=N/O)[C@H](C)[C@H](c3ccc(OC)cc3)[NH2+]2)cc1. The summed E-state index contributed by atoms with van der Waals surface area (Å²) in [6.07, 6.45) is 0.733. The largest absolute Gasteiger partial charge is 0.497 e. The van der Waals surface area contributed by atoms with Gasteiger partial charge in [0.2, 0.25) is 0 Å². The van der Waals surface area contributed by atoms with Gasteiger partial charge in [-0.15, -0.1) is 0 Å². The molecule has 3 N–H and O–H groups in total. The molecule has 0 aromatic heterocycles. The molecule has 25 heavy (non-hydrogen) atoms. The van der Waals surface area contributed by atoms with E-state index in [-0.39, 0.29) is 18.0 Å². The number of quaternary nitrogens is 1. The van der Waals surface area contributed by atoms with Crippen molar-refractivity contribution in [1.29, 1.82) is 0 Å². The summed E-state index contributed by atoms with van der Waals surface area (Å²) in [6, 6.07) is 16.6. The fraction of sp³-hybridized carbons (Fsp3) is 0.350. The van der Waals surface area contributed by atoms with Gasteiger partial charge in [0.25, 0.3) is 0 Å². The minimum absolute atomic E-state index is 0.160. The molecule has 0 aliphatic carbocycles. The van der Waals surface area contributed by atoms with E-state index in [1.807, 2.05) is 24.3 Å². The Balaban J connectivity index is 1.88. The lowest BCUT2D eigenvalue weighted by atomic mass is 9.81. The molecule has 0 radical (unpaired) electrons. The molecular formula is C20H25N2O3+. The van der Waals surface area contributed by atoms with Crippen molar-refractivity contribution in [3.05, 3.63) is 59.7 Å². The van der Waals surface area contributed by atoms with Crippen LogP contribution in [0.1, 0.15) is 36.6 Å². The molecule has 3 rings (SSSR count). The van der Waals surface area contributed by atoms with Crippen molar-refractivity contribution in [3.63, 3.8) is 0 Å². The van der Waals surface area contributed by atoms with Crippen LogP contribution in [0.3, 0.4) is 0 Å². The van der Waals surface area contributed by atoms with Crippen LogP contribution in [0.4, 0.5) is 0 Å². The number of nitrogens with zero attached hydrogens (tertiary/aromatic N) is 1. The molecule has 1 aliphatic heterocycles. The standard InChI is InChI=1S/C20H24N2O3/c1-13-18(22-23)12-19(14-4-8-16(24-2)9-5-14)21-20(13)15-6-10-17(25-3)11-7-15/h4-11,13,19-21,23H,12H2,1-3H3/p+1/b22-18-/t13-,19-,20+/m0/s1. The Morgan fingerprint density at radius 3 is 1.92 bits per heavy atom. The molecule has 1 aliphatic rings. The Bertz CT molecular complexity index is 726. The van der Waals surface area contributed by atoms with Gasteiger partial charge in [-0.2, -0.15) is 0 Å². The van der Waals surface area contributed by atoms with Crippen molar-refractivity contribution in [2.24, 2.45) is 11.1 Å². The summed E-state index contributed by atoms with van der Waals surface area (Å²) < 4.78 is 10.5. The number of benzene rings is 2. The molecular weight excluding hydrogens is 316 g/mol. The first-order valence-corrected chi connectivity index (χ1v) is 8.50. The quantitative estimate of drug-likeness (QED) is 0.664. The molecule has 1 fully saturated rings. The number of hydrogen-bond donors (Lipinski definition) is 2. The van der Waals surface area contributed by atoms with E-state index in [4.69, 9.17) is 9.47 Å². The van der Waals surface area contributed by atoms with Crippen molar-refractivity contribution in [3.8, 4) is 11.5 Å². The number of oxime groups is 1. The van der Waals surface area contributed by atoms with Gasteiger partial charge in [0.05, 0.1) is 25.8 Å². The normalized spacial score (nSPS) is 24.9. The Hall–Kier alpha value is -2.53.